The van der Waals surface area contributed by atoms with Crippen molar-refractivity contribution in [2.75, 3.05) is 0 Å². The van der Waals surface area contributed by atoms with Crippen molar-refractivity contribution in [2.45, 2.75) is 96.3 Å². The Hall–Kier alpha value is -1.84. The smallest absolute Gasteiger partial charge is 0.335 e. The highest BCUT2D eigenvalue weighted by Crippen LogP contribution is 2.81. The van der Waals surface area contributed by atoms with Crippen LogP contribution in [0.1, 0.15) is 117 Å². The van der Waals surface area contributed by atoms with E-state index < -0.39 is 11.9 Å². The van der Waals surface area contributed by atoms with Gasteiger partial charge in [-0.2, -0.15) is 0 Å². The molecule has 4 nitrogen and oxygen atoms in total. The predicted molar refractivity (Wildman–Crippen MR) is 129 cm³/mol. The van der Waals surface area contributed by atoms with E-state index in [0.29, 0.717) is 11.0 Å². The fraction of sp³-hybridized carbons (Fsp3) is 0.733. The molecule has 1 aromatic rings. The largest absolute Gasteiger partial charge is 0.478 e. The molecule has 8 aliphatic rings. The first-order valence-electron chi connectivity index (χ1n) is 13.6. The number of hydrogen-bond acceptors (Lipinski definition) is 2. The second-order valence-corrected chi connectivity index (χ2v) is 14.8. The number of carboxylic acids is 2. The lowest BCUT2D eigenvalue weighted by Gasteiger charge is -2.76. The van der Waals surface area contributed by atoms with E-state index in [-0.39, 0.29) is 27.2 Å². The summed E-state index contributed by atoms with van der Waals surface area (Å²) in [4.78, 5) is 24.3. The molecule has 0 amide bonds. The number of benzene rings is 1. The van der Waals surface area contributed by atoms with Crippen LogP contribution in [0.5, 0.6) is 0 Å². The third kappa shape index (κ3) is 2.72. The first kappa shape index (κ1) is 21.4. The number of carboxylic acid groups (broad SMARTS) is 2. The molecule has 0 aromatic heterocycles. The van der Waals surface area contributed by atoms with Crippen LogP contribution in [0.3, 0.4) is 0 Å². The molecule has 8 fully saturated rings. The van der Waals surface area contributed by atoms with Gasteiger partial charge < -0.3 is 10.2 Å². The molecule has 0 heterocycles. The standard InChI is InChI=1S/C30H38O4/c1-26-12-27(2)14-28(13-26,23-8-21(24(31)32)3-4-22(23)25(33)34)17-30(15-26,16-27)29-9-18-5-19(10-29)7-20(6-18)11-29/h3-4,8,18-20H,5-7,9-17H2,1-2H3,(H,31,32)(H,33,34). The van der Waals surface area contributed by atoms with Gasteiger partial charge in [0, 0.05) is 0 Å². The molecule has 182 valence electrons. The van der Waals surface area contributed by atoms with Gasteiger partial charge in [0.05, 0.1) is 11.1 Å². The predicted octanol–water partition coefficient (Wildman–Crippen LogP) is 6.92. The van der Waals surface area contributed by atoms with E-state index in [1.54, 1.807) is 12.1 Å². The van der Waals surface area contributed by atoms with E-state index in [9.17, 15) is 19.8 Å². The first-order chi connectivity index (χ1) is 16.0. The molecule has 0 spiro atoms. The Labute approximate surface area is 202 Å². The van der Waals surface area contributed by atoms with E-state index in [1.165, 1.54) is 63.9 Å². The molecule has 0 saturated heterocycles. The number of aromatic carboxylic acids is 2. The van der Waals surface area contributed by atoms with E-state index in [1.807, 2.05) is 0 Å². The first-order valence-corrected chi connectivity index (χ1v) is 13.6. The maximum Gasteiger partial charge on any atom is 0.335 e. The Kier molecular flexibility index (Phi) is 3.96. The summed E-state index contributed by atoms with van der Waals surface area (Å²) in [6, 6.07) is 4.80. The van der Waals surface area contributed by atoms with Crippen LogP contribution >= 0.6 is 0 Å². The quantitative estimate of drug-likeness (QED) is 0.509. The van der Waals surface area contributed by atoms with Gasteiger partial charge in [-0.1, -0.05) is 13.8 Å². The van der Waals surface area contributed by atoms with Gasteiger partial charge in [0.2, 0.25) is 0 Å². The van der Waals surface area contributed by atoms with Crippen LogP contribution in [-0.4, -0.2) is 22.2 Å². The van der Waals surface area contributed by atoms with E-state index in [2.05, 4.69) is 13.8 Å². The van der Waals surface area contributed by atoms with Gasteiger partial charge >= 0.3 is 11.9 Å². The monoisotopic (exact) mass is 462 g/mol. The Morgan fingerprint density at radius 3 is 1.79 bits per heavy atom. The van der Waals surface area contributed by atoms with Crippen LogP contribution in [0.15, 0.2) is 18.2 Å². The fourth-order valence-electron chi connectivity index (χ4n) is 12.6. The Balaban J connectivity index is 1.42. The van der Waals surface area contributed by atoms with Crippen molar-refractivity contribution < 1.29 is 19.8 Å². The normalized spacial score (nSPS) is 50.0. The van der Waals surface area contributed by atoms with Gasteiger partial charge in [0.25, 0.3) is 0 Å². The minimum Gasteiger partial charge on any atom is -0.478 e. The summed E-state index contributed by atoms with van der Waals surface area (Å²) in [5.74, 6) is 0.834. The van der Waals surface area contributed by atoms with Crippen LogP contribution < -0.4 is 0 Å². The van der Waals surface area contributed by atoms with Crippen molar-refractivity contribution in [2.24, 2.45) is 39.4 Å². The molecule has 9 rings (SSSR count). The highest BCUT2D eigenvalue weighted by Gasteiger charge is 2.72. The zero-order chi connectivity index (χ0) is 23.7. The van der Waals surface area contributed by atoms with Gasteiger partial charge in [0.15, 0.2) is 0 Å². The molecule has 0 radical (unpaired) electrons. The van der Waals surface area contributed by atoms with Crippen LogP contribution in [0.4, 0.5) is 0 Å². The molecular formula is C30H38O4. The summed E-state index contributed by atoms with van der Waals surface area (Å²) >= 11 is 0. The Bertz CT molecular complexity index is 1060. The number of carbonyl (C=O) groups is 2. The molecular weight excluding hydrogens is 424 g/mol. The van der Waals surface area contributed by atoms with E-state index in [4.69, 9.17) is 0 Å². The van der Waals surface area contributed by atoms with Crippen molar-refractivity contribution in [1.82, 2.24) is 0 Å². The van der Waals surface area contributed by atoms with Gasteiger partial charge in [-0.3, -0.25) is 0 Å². The average molecular weight is 463 g/mol. The van der Waals surface area contributed by atoms with Crippen LogP contribution in [-0.2, 0) is 5.41 Å². The number of hydrogen-bond donors (Lipinski definition) is 2. The molecule has 8 bridgehead atoms. The highest BCUT2D eigenvalue weighted by atomic mass is 16.4. The van der Waals surface area contributed by atoms with E-state index in [0.717, 1.165) is 42.6 Å². The van der Waals surface area contributed by atoms with Crippen molar-refractivity contribution in [3.63, 3.8) is 0 Å². The summed E-state index contributed by atoms with van der Waals surface area (Å²) in [6.45, 7) is 4.96. The molecule has 2 N–H and O–H groups in total. The van der Waals surface area contributed by atoms with E-state index >= 15 is 0 Å². The zero-order valence-corrected chi connectivity index (χ0v) is 20.7. The maximum absolute atomic E-state index is 12.4. The minimum absolute atomic E-state index is 0.210. The van der Waals surface area contributed by atoms with Gasteiger partial charge in [0.1, 0.15) is 0 Å². The molecule has 2 atom stereocenters. The molecule has 8 saturated carbocycles. The summed E-state index contributed by atoms with van der Waals surface area (Å²) in [5, 5.41) is 20.0. The topological polar surface area (TPSA) is 74.6 Å². The lowest BCUT2D eigenvalue weighted by molar-refractivity contribution is -0.246. The van der Waals surface area contributed by atoms with Crippen molar-refractivity contribution in [3.8, 4) is 0 Å². The van der Waals surface area contributed by atoms with Gasteiger partial charge in [-0.05, 0) is 146 Å². The summed E-state index contributed by atoms with van der Waals surface area (Å²) in [7, 11) is 0. The molecule has 34 heavy (non-hydrogen) atoms. The van der Waals surface area contributed by atoms with Gasteiger partial charge in [-0.25, -0.2) is 9.59 Å². The van der Waals surface area contributed by atoms with Crippen molar-refractivity contribution in [1.29, 1.82) is 0 Å². The van der Waals surface area contributed by atoms with Crippen molar-refractivity contribution in [3.05, 3.63) is 34.9 Å². The van der Waals surface area contributed by atoms with Crippen LogP contribution in [0.25, 0.3) is 0 Å². The van der Waals surface area contributed by atoms with Crippen LogP contribution in [0.2, 0.25) is 0 Å². The average Bonchev–Trinajstić information content (AvgIpc) is 2.69. The number of rotatable bonds is 4. The van der Waals surface area contributed by atoms with Gasteiger partial charge in [-0.15, -0.1) is 0 Å². The van der Waals surface area contributed by atoms with Crippen LogP contribution in [0, 0.1) is 39.4 Å². The molecule has 2 unspecified atom stereocenters. The lowest BCUT2D eigenvalue weighted by Crippen LogP contribution is -2.68. The Morgan fingerprint density at radius 2 is 1.29 bits per heavy atom. The Morgan fingerprint density at radius 1 is 0.735 bits per heavy atom. The third-order valence-electron chi connectivity index (χ3n) is 11.8. The van der Waals surface area contributed by atoms with Crippen molar-refractivity contribution >= 4 is 11.9 Å². The fourth-order valence-corrected chi connectivity index (χ4v) is 12.6. The SMILES string of the molecule is CC12CC3(C)CC(c4cc(C(=O)O)ccc4C(=O)O)(C1)CC(C14CC5CC(CC(C5)C1)C4)(C2)C3. The minimum atomic E-state index is -0.962. The third-order valence-corrected chi connectivity index (χ3v) is 11.8. The second kappa shape index (κ2) is 6.28. The lowest BCUT2D eigenvalue weighted by atomic mass is 9.28. The maximum atomic E-state index is 12.4. The zero-order valence-electron chi connectivity index (χ0n) is 20.7. The summed E-state index contributed by atoms with van der Waals surface area (Å²) in [5.41, 5.74) is 2.28. The summed E-state index contributed by atoms with van der Waals surface area (Å²) in [6.07, 6.45) is 15.4. The summed E-state index contributed by atoms with van der Waals surface area (Å²) < 4.78 is 0. The second-order valence-electron chi connectivity index (χ2n) is 14.8. The highest BCUT2D eigenvalue weighted by molar-refractivity contribution is 5.93. The molecule has 1 aromatic carbocycles. The molecule has 8 aliphatic carbocycles. The molecule has 0 aliphatic heterocycles. The molecule has 4 heteroatoms.